The molecule has 0 atom stereocenters. The standard InChI is InChI=1S/C27H30FN2/c1-26(2)20-11-7-9-13-22(20)29(5)24(26)17-15-19(28)16-18-25-27(3,4)21-12-8-10-14-23(21)30(25)6/h7-18H,1-6H3/q+1. The summed E-state index contributed by atoms with van der Waals surface area (Å²) >= 11 is 0. The normalized spacial score (nSPS) is 21.0. The highest BCUT2D eigenvalue weighted by Gasteiger charge is 2.42. The summed E-state index contributed by atoms with van der Waals surface area (Å²) in [4.78, 5) is 2.15. The minimum absolute atomic E-state index is 0.157. The van der Waals surface area contributed by atoms with Crippen LogP contribution in [0.1, 0.15) is 38.8 Å². The monoisotopic (exact) mass is 401 g/mol. The summed E-state index contributed by atoms with van der Waals surface area (Å²) in [5.74, 6) is -0.254. The number of allylic oxidation sites excluding steroid dienone is 6. The Morgan fingerprint density at radius 3 is 2.23 bits per heavy atom. The Morgan fingerprint density at radius 1 is 0.933 bits per heavy atom. The molecule has 2 aliphatic heterocycles. The van der Waals surface area contributed by atoms with E-state index >= 15 is 0 Å². The number of fused-ring (bicyclic) bond motifs is 2. The molecule has 0 aromatic heterocycles. The number of halogens is 1. The van der Waals surface area contributed by atoms with Gasteiger partial charge in [0.05, 0.1) is 5.41 Å². The van der Waals surface area contributed by atoms with E-state index in [1.807, 2.05) is 38.4 Å². The van der Waals surface area contributed by atoms with Gasteiger partial charge in [0.2, 0.25) is 5.69 Å². The molecule has 2 aromatic rings. The number of para-hydroxylation sites is 2. The van der Waals surface area contributed by atoms with Gasteiger partial charge in [-0.05, 0) is 43.7 Å². The molecule has 30 heavy (non-hydrogen) atoms. The Kier molecular flexibility index (Phi) is 4.80. The second kappa shape index (κ2) is 7.09. The predicted octanol–water partition coefficient (Wildman–Crippen LogP) is 6.41. The fourth-order valence-electron chi connectivity index (χ4n) is 4.98. The van der Waals surface area contributed by atoms with E-state index in [0.29, 0.717) is 0 Å². The molecule has 0 bridgehead atoms. The lowest BCUT2D eigenvalue weighted by molar-refractivity contribution is -0.401. The van der Waals surface area contributed by atoms with Crippen LogP contribution in [0.5, 0.6) is 0 Å². The third-order valence-electron chi connectivity index (χ3n) is 6.68. The van der Waals surface area contributed by atoms with Crippen molar-refractivity contribution in [3.63, 3.8) is 0 Å². The van der Waals surface area contributed by atoms with Gasteiger partial charge in [-0.1, -0.05) is 50.2 Å². The van der Waals surface area contributed by atoms with Crippen molar-refractivity contribution >= 4 is 17.1 Å². The summed E-state index contributed by atoms with van der Waals surface area (Å²) in [6.45, 7) is 8.75. The molecule has 0 aliphatic carbocycles. The molecule has 2 nitrogen and oxygen atoms in total. The van der Waals surface area contributed by atoms with Gasteiger partial charge in [-0.15, -0.1) is 0 Å². The van der Waals surface area contributed by atoms with Crippen LogP contribution in [-0.4, -0.2) is 24.4 Å². The molecule has 2 aliphatic rings. The molecule has 0 fully saturated rings. The third kappa shape index (κ3) is 3.04. The lowest BCUT2D eigenvalue weighted by atomic mass is 9.81. The number of anilines is 1. The molecule has 154 valence electrons. The fraction of sp³-hybridized carbons (Fsp3) is 0.296. The van der Waals surface area contributed by atoms with Crippen LogP contribution in [0.25, 0.3) is 0 Å². The van der Waals surface area contributed by atoms with E-state index in [1.165, 1.54) is 22.5 Å². The van der Waals surface area contributed by atoms with E-state index in [1.54, 1.807) is 12.2 Å². The van der Waals surface area contributed by atoms with Gasteiger partial charge in [-0.3, -0.25) is 0 Å². The van der Waals surface area contributed by atoms with Gasteiger partial charge in [-0.25, -0.2) is 4.39 Å². The first kappa shape index (κ1) is 20.3. The van der Waals surface area contributed by atoms with Crippen molar-refractivity contribution in [2.45, 2.75) is 38.5 Å². The number of likely N-dealkylation sites (N-methyl/N-ethyl adjacent to an activating group) is 1. The van der Waals surface area contributed by atoms with Crippen molar-refractivity contribution in [2.75, 3.05) is 19.0 Å². The highest BCUT2D eigenvalue weighted by atomic mass is 19.1. The van der Waals surface area contributed by atoms with Crippen LogP contribution in [0.3, 0.4) is 0 Å². The quantitative estimate of drug-likeness (QED) is 0.425. The second-order valence-electron chi connectivity index (χ2n) is 9.22. The predicted molar refractivity (Wildman–Crippen MR) is 125 cm³/mol. The number of nitrogens with zero attached hydrogens (tertiary/aromatic N) is 2. The van der Waals surface area contributed by atoms with Crippen LogP contribution in [0.4, 0.5) is 15.8 Å². The fourth-order valence-corrected chi connectivity index (χ4v) is 4.98. The third-order valence-corrected chi connectivity index (χ3v) is 6.68. The van der Waals surface area contributed by atoms with Crippen LogP contribution in [0, 0.1) is 0 Å². The van der Waals surface area contributed by atoms with Crippen molar-refractivity contribution in [2.24, 2.45) is 0 Å². The smallest absolute Gasteiger partial charge is 0.209 e. The van der Waals surface area contributed by atoms with Crippen molar-refractivity contribution in [1.29, 1.82) is 0 Å². The summed E-state index contributed by atoms with van der Waals surface area (Å²) in [5.41, 5.74) is 6.76. The Hall–Kier alpha value is -2.94. The van der Waals surface area contributed by atoms with Gasteiger partial charge in [0.1, 0.15) is 12.9 Å². The van der Waals surface area contributed by atoms with Gasteiger partial charge in [0.15, 0.2) is 5.71 Å². The van der Waals surface area contributed by atoms with E-state index in [9.17, 15) is 4.39 Å². The summed E-state index contributed by atoms with van der Waals surface area (Å²) in [7, 11) is 4.09. The maximum absolute atomic E-state index is 14.8. The van der Waals surface area contributed by atoms with Crippen LogP contribution in [0.15, 0.2) is 84.4 Å². The molecular formula is C27H30FN2+. The minimum Gasteiger partial charge on any atom is -0.347 e. The van der Waals surface area contributed by atoms with Gasteiger partial charge in [0.25, 0.3) is 0 Å². The van der Waals surface area contributed by atoms with Crippen LogP contribution in [-0.2, 0) is 10.8 Å². The topological polar surface area (TPSA) is 6.25 Å². The summed E-state index contributed by atoms with van der Waals surface area (Å²) < 4.78 is 17.0. The largest absolute Gasteiger partial charge is 0.347 e. The van der Waals surface area contributed by atoms with E-state index < -0.39 is 0 Å². The van der Waals surface area contributed by atoms with Crippen molar-refractivity contribution in [1.82, 2.24) is 0 Å². The first-order valence-corrected chi connectivity index (χ1v) is 10.5. The summed E-state index contributed by atoms with van der Waals surface area (Å²) in [5, 5.41) is 0. The van der Waals surface area contributed by atoms with E-state index in [2.05, 4.69) is 73.6 Å². The molecule has 4 rings (SSSR count). The maximum atomic E-state index is 14.8. The first-order chi connectivity index (χ1) is 14.2. The highest BCUT2D eigenvalue weighted by molar-refractivity contribution is 6.03. The Labute approximate surface area is 179 Å². The Bertz CT molecular complexity index is 1130. The van der Waals surface area contributed by atoms with E-state index in [0.717, 1.165) is 11.4 Å². The molecule has 0 saturated carbocycles. The van der Waals surface area contributed by atoms with Gasteiger partial charge in [0, 0.05) is 41.6 Å². The second-order valence-corrected chi connectivity index (χ2v) is 9.22. The van der Waals surface area contributed by atoms with Crippen molar-refractivity contribution in [3.05, 3.63) is 95.5 Å². The lowest BCUT2D eigenvalue weighted by Gasteiger charge is -2.23. The maximum Gasteiger partial charge on any atom is 0.209 e. The summed E-state index contributed by atoms with van der Waals surface area (Å²) in [6, 6.07) is 16.7. The molecule has 0 amide bonds. The highest BCUT2D eigenvalue weighted by Crippen LogP contribution is 2.46. The number of hydrogen-bond donors (Lipinski definition) is 0. The molecule has 0 spiro atoms. The molecule has 3 heteroatoms. The van der Waals surface area contributed by atoms with Crippen LogP contribution < -0.4 is 4.90 Å². The van der Waals surface area contributed by atoms with Crippen LogP contribution in [0.2, 0.25) is 0 Å². The average molecular weight is 402 g/mol. The number of benzene rings is 2. The Balaban J connectivity index is 1.62. The zero-order chi connectivity index (χ0) is 21.7. The molecule has 0 N–H and O–H groups in total. The molecule has 2 aromatic carbocycles. The average Bonchev–Trinajstić information content (AvgIpc) is 3.04. The first-order valence-electron chi connectivity index (χ1n) is 10.5. The van der Waals surface area contributed by atoms with Gasteiger partial charge in [-0.2, -0.15) is 4.58 Å². The number of rotatable bonds is 3. The molecule has 2 heterocycles. The van der Waals surface area contributed by atoms with Crippen LogP contribution >= 0.6 is 0 Å². The van der Waals surface area contributed by atoms with Gasteiger partial charge < -0.3 is 4.90 Å². The molecule has 0 radical (unpaired) electrons. The molecule has 0 unspecified atom stereocenters. The summed E-state index contributed by atoms with van der Waals surface area (Å²) in [6.07, 6.45) is 6.96. The minimum atomic E-state index is -0.254. The van der Waals surface area contributed by atoms with E-state index in [4.69, 9.17) is 0 Å². The lowest BCUT2D eigenvalue weighted by Crippen LogP contribution is -2.26. The van der Waals surface area contributed by atoms with Crippen molar-refractivity contribution in [3.8, 4) is 0 Å². The van der Waals surface area contributed by atoms with Crippen molar-refractivity contribution < 1.29 is 8.97 Å². The Morgan fingerprint density at radius 2 is 1.57 bits per heavy atom. The SMILES string of the molecule is CN1/C(=C/C=C(F)/C=C/C2=[N+](C)c3ccccc3C2(C)C)C(C)(C)c2ccccc21. The van der Waals surface area contributed by atoms with E-state index in [-0.39, 0.29) is 16.7 Å². The van der Waals surface area contributed by atoms with Gasteiger partial charge >= 0.3 is 0 Å². The molecule has 0 saturated heterocycles. The molecular weight excluding hydrogens is 371 g/mol. The zero-order valence-corrected chi connectivity index (χ0v) is 18.7. The zero-order valence-electron chi connectivity index (χ0n) is 18.7. The number of hydrogen-bond acceptors (Lipinski definition) is 1.